The van der Waals surface area contributed by atoms with E-state index in [0.29, 0.717) is 18.8 Å². The first-order valence-electron chi connectivity index (χ1n) is 8.82. The van der Waals surface area contributed by atoms with E-state index < -0.39 is 0 Å². The molecule has 5 heteroatoms. The van der Waals surface area contributed by atoms with E-state index in [1.54, 1.807) is 0 Å². The smallest absolute Gasteiger partial charge is 0.226 e. The number of fused-ring (bicyclic) bond motifs is 1. The lowest BCUT2D eigenvalue weighted by Crippen LogP contribution is -2.24. The number of anilines is 1. The van der Waals surface area contributed by atoms with E-state index >= 15 is 0 Å². The quantitative estimate of drug-likeness (QED) is 0.737. The summed E-state index contributed by atoms with van der Waals surface area (Å²) in [6.45, 7) is 2.58. The van der Waals surface area contributed by atoms with Gasteiger partial charge in [0.1, 0.15) is 5.75 Å². The molecule has 1 aromatic heterocycles. The fourth-order valence-electron chi connectivity index (χ4n) is 3.52. The van der Waals surface area contributed by atoms with Crippen LogP contribution in [0.1, 0.15) is 34.7 Å². The van der Waals surface area contributed by atoms with E-state index in [4.69, 9.17) is 4.74 Å². The minimum Gasteiger partial charge on any atom is -0.493 e. The van der Waals surface area contributed by atoms with E-state index in [1.165, 1.54) is 5.56 Å². The van der Waals surface area contributed by atoms with E-state index in [1.807, 2.05) is 49.4 Å². The van der Waals surface area contributed by atoms with E-state index in [-0.39, 0.29) is 11.8 Å². The van der Waals surface area contributed by atoms with E-state index in [0.717, 1.165) is 29.0 Å². The molecular formula is C21H21N3O2. The van der Waals surface area contributed by atoms with Gasteiger partial charge in [-0.1, -0.05) is 48.5 Å². The maximum Gasteiger partial charge on any atom is 0.226 e. The Labute approximate surface area is 152 Å². The van der Waals surface area contributed by atoms with Crippen molar-refractivity contribution in [3.8, 4) is 5.75 Å². The van der Waals surface area contributed by atoms with Crippen LogP contribution in [0.15, 0.2) is 54.6 Å². The molecule has 2 N–H and O–H groups in total. The number of carbonyl (C=O) groups excluding carboxylic acids is 1. The predicted octanol–water partition coefficient (Wildman–Crippen LogP) is 3.81. The number of nitrogens with zero attached hydrogens (tertiary/aromatic N) is 1. The van der Waals surface area contributed by atoms with Crippen LogP contribution < -0.4 is 10.1 Å². The third-order valence-corrected chi connectivity index (χ3v) is 4.78. The van der Waals surface area contributed by atoms with Gasteiger partial charge in [-0.25, -0.2) is 0 Å². The van der Waals surface area contributed by atoms with Crippen LogP contribution in [0, 0.1) is 6.92 Å². The number of ether oxygens (including phenoxy) is 1. The lowest BCUT2D eigenvalue weighted by atomic mass is 9.85. The van der Waals surface area contributed by atoms with Crippen LogP contribution in [0.25, 0.3) is 0 Å². The van der Waals surface area contributed by atoms with E-state index in [9.17, 15) is 4.79 Å². The summed E-state index contributed by atoms with van der Waals surface area (Å²) in [5, 5.41) is 10.0. The van der Waals surface area contributed by atoms with Gasteiger partial charge in [0.2, 0.25) is 5.91 Å². The Morgan fingerprint density at radius 3 is 2.73 bits per heavy atom. The fourth-order valence-corrected chi connectivity index (χ4v) is 3.52. The molecule has 26 heavy (non-hydrogen) atoms. The Kier molecular flexibility index (Phi) is 4.44. The highest BCUT2D eigenvalue weighted by atomic mass is 16.5. The Morgan fingerprint density at radius 1 is 1.12 bits per heavy atom. The van der Waals surface area contributed by atoms with E-state index in [2.05, 4.69) is 27.6 Å². The number of H-pyrrole nitrogens is 1. The molecule has 0 saturated heterocycles. The van der Waals surface area contributed by atoms with Crippen molar-refractivity contribution in [1.29, 1.82) is 0 Å². The monoisotopic (exact) mass is 347 g/mol. The molecule has 0 unspecified atom stereocenters. The molecule has 0 bridgehead atoms. The topological polar surface area (TPSA) is 67.0 Å². The molecule has 3 aromatic rings. The molecule has 132 valence electrons. The highest BCUT2D eigenvalue weighted by Crippen LogP contribution is 2.41. The van der Waals surface area contributed by atoms with Gasteiger partial charge >= 0.3 is 0 Å². The van der Waals surface area contributed by atoms with Crippen molar-refractivity contribution in [2.75, 3.05) is 11.9 Å². The minimum absolute atomic E-state index is 0.0203. The fraction of sp³-hybridized carbons (Fsp3) is 0.238. The van der Waals surface area contributed by atoms with Crippen molar-refractivity contribution in [2.45, 2.75) is 25.7 Å². The average molecular weight is 347 g/mol. The first-order valence-corrected chi connectivity index (χ1v) is 8.82. The number of aromatic amines is 1. The summed E-state index contributed by atoms with van der Waals surface area (Å²) in [6.07, 6.45) is 1.24. The van der Waals surface area contributed by atoms with Crippen molar-refractivity contribution in [1.82, 2.24) is 10.2 Å². The van der Waals surface area contributed by atoms with Crippen LogP contribution in [-0.2, 0) is 11.2 Å². The summed E-state index contributed by atoms with van der Waals surface area (Å²) in [5.74, 6) is 1.39. The molecule has 0 aliphatic carbocycles. The van der Waals surface area contributed by atoms with Gasteiger partial charge in [-0.2, -0.15) is 5.10 Å². The average Bonchev–Trinajstić information content (AvgIpc) is 3.03. The third-order valence-electron chi connectivity index (χ3n) is 4.78. The van der Waals surface area contributed by atoms with Gasteiger partial charge in [0.25, 0.3) is 0 Å². The second-order valence-electron chi connectivity index (χ2n) is 6.54. The van der Waals surface area contributed by atoms with Crippen LogP contribution in [0.2, 0.25) is 0 Å². The molecule has 1 aliphatic rings. The first kappa shape index (κ1) is 16.4. The zero-order valence-electron chi connectivity index (χ0n) is 14.7. The molecular weight excluding hydrogens is 326 g/mol. The van der Waals surface area contributed by atoms with Crippen LogP contribution in [0.5, 0.6) is 5.75 Å². The van der Waals surface area contributed by atoms with Crippen molar-refractivity contribution >= 4 is 11.7 Å². The first-order chi connectivity index (χ1) is 12.7. The number of rotatable bonds is 5. The molecule has 0 spiro atoms. The van der Waals surface area contributed by atoms with Crippen LogP contribution in [0.4, 0.5) is 5.82 Å². The number of para-hydroxylation sites is 1. The van der Waals surface area contributed by atoms with Gasteiger partial charge in [0.15, 0.2) is 5.82 Å². The van der Waals surface area contributed by atoms with Crippen molar-refractivity contribution in [2.24, 2.45) is 0 Å². The highest BCUT2D eigenvalue weighted by Gasteiger charge is 2.32. The second kappa shape index (κ2) is 7.04. The summed E-state index contributed by atoms with van der Waals surface area (Å²) in [6, 6.07) is 18.2. The highest BCUT2D eigenvalue weighted by molar-refractivity contribution is 5.94. The van der Waals surface area contributed by atoms with Crippen LogP contribution in [0.3, 0.4) is 0 Å². The van der Waals surface area contributed by atoms with Crippen LogP contribution >= 0.6 is 0 Å². The Bertz CT molecular complexity index is 918. The van der Waals surface area contributed by atoms with Crippen molar-refractivity contribution < 1.29 is 9.53 Å². The molecule has 4 rings (SSSR count). The van der Waals surface area contributed by atoms with Gasteiger partial charge in [0, 0.05) is 35.6 Å². The summed E-state index contributed by atoms with van der Waals surface area (Å²) >= 11 is 0. The summed E-state index contributed by atoms with van der Waals surface area (Å²) in [7, 11) is 0. The Balaban J connectivity index is 1.58. The maximum atomic E-state index is 12.1. The largest absolute Gasteiger partial charge is 0.493 e. The van der Waals surface area contributed by atoms with Gasteiger partial charge < -0.3 is 10.1 Å². The van der Waals surface area contributed by atoms with Gasteiger partial charge in [-0.05, 0) is 18.6 Å². The van der Waals surface area contributed by atoms with Crippen molar-refractivity contribution in [3.63, 3.8) is 0 Å². The molecule has 0 fully saturated rings. The molecule has 0 radical (unpaired) electrons. The number of aryl methyl sites for hydroxylation is 1. The Hall–Kier alpha value is -3.08. The lowest BCUT2D eigenvalue weighted by molar-refractivity contribution is -0.116. The minimum atomic E-state index is -0.0505. The number of hydrogen-bond acceptors (Lipinski definition) is 3. The van der Waals surface area contributed by atoms with Crippen molar-refractivity contribution in [3.05, 3.63) is 77.0 Å². The zero-order valence-corrected chi connectivity index (χ0v) is 14.7. The van der Waals surface area contributed by atoms with Crippen LogP contribution in [-0.4, -0.2) is 22.7 Å². The van der Waals surface area contributed by atoms with Gasteiger partial charge in [0.05, 0.1) is 6.61 Å². The maximum absolute atomic E-state index is 12.1. The number of amides is 1. The number of aromatic nitrogens is 2. The molecule has 5 nitrogen and oxygen atoms in total. The predicted molar refractivity (Wildman–Crippen MR) is 100 cm³/mol. The summed E-state index contributed by atoms with van der Waals surface area (Å²) < 4.78 is 6.10. The molecule has 1 amide bonds. The lowest BCUT2D eigenvalue weighted by Gasteiger charge is -2.24. The van der Waals surface area contributed by atoms with Gasteiger partial charge in [-0.3, -0.25) is 9.89 Å². The molecule has 2 aromatic carbocycles. The molecule has 1 aliphatic heterocycles. The number of hydrogen-bond donors (Lipinski definition) is 2. The number of carbonyl (C=O) groups is 1. The third kappa shape index (κ3) is 3.20. The Morgan fingerprint density at radius 2 is 1.88 bits per heavy atom. The molecule has 1 atom stereocenters. The molecule has 0 saturated carbocycles. The summed E-state index contributed by atoms with van der Waals surface area (Å²) in [4.78, 5) is 12.1. The second-order valence-corrected chi connectivity index (χ2v) is 6.54. The zero-order chi connectivity index (χ0) is 17.9. The SMILES string of the molecule is Cc1[nH]nc2c1[C@H](c1ccccc1OCCc1ccccc1)CC(=O)N2. The van der Waals surface area contributed by atoms with Gasteiger partial charge in [-0.15, -0.1) is 0 Å². The number of benzene rings is 2. The summed E-state index contributed by atoms with van der Waals surface area (Å²) in [5.41, 5.74) is 4.30. The molecule has 2 heterocycles. The number of nitrogens with one attached hydrogen (secondary N) is 2. The normalized spacial score (nSPS) is 16.0. The standard InChI is InChI=1S/C21H21N3O2/c1-14-20-17(13-19(25)22-21(20)24-23-14)16-9-5-6-10-18(16)26-12-11-15-7-3-2-4-8-15/h2-10,17H,11-13H2,1H3,(H2,22,23,24,25)/t17-/m0/s1.